The van der Waals surface area contributed by atoms with Gasteiger partial charge in [-0.3, -0.25) is 0 Å². The van der Waals surface area contributed by atoms with Gasteiger partial charge in [-0.15, -0.1) is 0 Å². The Bertz CT molecular complexity index is 1260. The number of aryl methyl sites for hydroxylation is 2. The number of rotatable bonds is 9. The molecule has 2 aromatic carbocycles. The fourth-order valence-corrected chi connectivity index (χ4v) is 4.66. The Kier molecular flexibility index (Phi) is 8.76. The molecule has 1 saturated heterocycles. The van der Waals surface area contributed by atoms with Gasteiger partial charge in [0.05, 0.1) is 0 Å². The number of aliphatic carboxylic acids is 1. The van der Waals surface area contributed by atoms with Gasteiger partial charge in [-0.05, 0) is 31.0 Å². The first-order chi connectivity index (χ1) is 19.1. The molecule has 3 unspecified atom stereocenters. The largest absolute Gasteiger partial charge is 0.479 e. The normalized spacial score (nSPS) is 23.7. The van der Waals surface area contributed by atoms with Crippen LogP contribution in [0.15, 0.2) is 66.7 Å². The lowest BCUT2D eigenvalue weighted by molar-refractivity contribution is -0.289. The highest BCUT2D eigenvalue weighted by molar-refractivity contribution is 5.79. The third-order valence-electron chi connectivity index (χ3n) is 6.54. The number of esters is 1. The van der Waals surface area contributed by atoms with Crippen LogP contribution in [0.4, 0.5) is 0 Å². The quantitative estimate of drug-likeness (QED) is 0.275. The predicted molar refractivity (Wildman–Crippen MR) is 137 cm³/mol. The van der Waals surface area contributed by atoms with Crippen molar-refractivity contribution >= 4 is 11.9 Å². The van der Waals surface area contributed by atoms with Crippen LogP contribution in [0.25, 0.3) is 0 Å². The number of methoxy groups -OCH3 is 1. The number of carbonyl (C=O) groups is 2. The molecule has 4 rings (SSSR count). The van der Waals surface area contributed by atoms with Crippen LogP contribution < -0.4 is 4.74 Å². The Labute approximate surface area is 229 Å². The number of aromatic nitrogens is 2. The van der Waals surface area contributed by atoms with Crippen molar-refractivity contribution in [2.45, 2.75) is 56.3 Å². The number of benzene rings is 2. The smallest absolute Gasteiger partial charge is 0.353 e. The van der Waals surface area contributed by atoms with E-state index in [1.165, 1.54) is 7.11 Å². The minimum atomic E-state index is -1.98. The Morgan fingerprint density at radius 2 is 1.40 bits per heavy atom. The Hall–Kier alpha value is -3.94. The molecule has 0 bridgehead atoms. The fourth-order valence-electron chi connectivity index (χ4n) is 4.66. The number of nitrogens with zero attached hydrogens (tertiary/aromatic N) is 2. The molecular formula is C28H30N2O10. The van der Waals surface area contributed by atoms with E-state index in [9.17, 15) is 30.0 Å². The molecule has 3 aromatic rings. The van der Waals surface area contributed by atoms with Gasteiger partial charge in [-0.25, -0.2) is 19.6 Å². The van der Waals surface area contributed by atoms with Crippen LogP contribution in [0.5, 0.6) is 6.01 Å². The molecule has 0 spiro atoms. The van der Waals surface area contributed by atoms with E-state index in [1.807, 2.05) is 0 Å². The highest BCUT2D eigenvalue weighted by Crippen LogP contribution is 2.39. The molecule has 6 atom stereocenters. The van der Waals surface area contributed by atoms with Crippen molar-refractivity contribution in [1.82, 2.24) is 9.97 Å². The summed E-state index contributed by atoms with van der Waals surface area (Å²) in [6, 6.07) is 18.9. The highest BCUT2D eigenvalue weighted by Gasteiger charge is 2.53. The fraction of sp³-hybridized carbons (Fsp3) is 0.357. The van der Waals surface area contributed by atoms with E-state index in [0.717, 1.165) is 0 Å². The number of carboxylic acids is 1. The van der Waals surface area contributed by atoms with Crippen LogP contribution in [-0.4, -0.2) is 86.3 Å². The maximum Gasteiger partial charge on any atom is 0.353 e. The molecule has 12 heteroatoms. The Balaban J connectivity index is 1.83. The minimum Gasteiger partial charge on any atom is -0.479 e. The molecular weight excluding hydrogens is 524 g/mol. The van der Waals surface area contributed by atoms with Crippen LogP contribution in [-0.2, 0) is 29.4 Å². The standard InChI is InChI=1S/C28H30N2O10/c1-15-14-16(2)30-27(29-15)39-23(25(36)40-26-21(33)19(31)20(32)22(38-26)24(34)35)28(37-3,17-10-6-4-7-11-17)18-12-8-5-9-13-18/h4-14,19-23,26,31-33H,1-3H3,(H,34,35)/t19?,20-,21?,22?,23+,26+/m1/s1. The third kappa shape index (κ3) is 5.67. The lowest BCUT2D eigenvalue weighted by Crippen LogP contribution is -2.61. The summed E-state index contributed by atoms with van der Waals surface area (Å²) >= 11 is 0. The topological polar surface area (TPSA) is 178 Å². The van der Waals surface area contributed by atoms with Crippen molar-refractivity contribution in [3.63, 3.8) is 0 Å². The SMILES string of the molecule is COC(c1ccccc1)(c1ccccc1)[C@@H](Oc1nc(C)cc(C)n1)C(=O)O[C@@H]1OC(C(=O)O)[C@H](O)C(O)C1O. The third-order valence-corrected chi connectivity index (χ3v) is 6.54. The maximum absolute atomic E-state index is 14.0. The summed E-state index contributed by atoms with van der Waals surface area (Å²) in [6.07, 6.45) is -11.6. The molecule has 1 aromatic heterocycles. The average Bonchev–Trinajstić information content (AvgIpc) is 2.94. The van der Waals surface area contributed by atoms with Crippen LogP contribution >= 0.6 is 0 Å². The summed E-state index contributed by atoms with van der Waals surface area (Å²) in [5, 5.41) is 40.2. The molecule has 12 nitrogen and oxygen atoms in total. The predicted octanol–water partition coefficient (Wildman–Crippen LogP) is 0.866. The molecule has 0 saturated carbocycles. The van der Waals surface area contributed by atoms with E-state index in [0.29, 0.717) is 22.5 Å². The zero-order valence-corrected chi connectivity index (χ0v) is 21.9. The number of aliphatic hydroxyl groups is 3. The van der Waals surface area contributed by atoms with Crippen molar-refractivity contribution in [3.8, 4) is 6.01 Å². The van der Waals surface area contributed by atoms with Gasteiger partial charge in [0.25, 0.3) is 0 Å². The number of carboxylic acid groups (broad SMARTS) is 1. The van der Waals surface area contributed by atoms with Gasteiger partial charge in [0.1, 0.15) is 18.3 Å². The molecule has 212 valence electrons. The van der Waals surface area contributed by atoms with Gasteiger partial charge in [0, 0.05) is 18.5 Å². The Morgan fingerprint density at radius 1 is 0.875 bits per heavy atom. The molecule has 40 heavy (non-hydrogen) atoms. The molecule has 1 aliphatic heterocycles. The molecule has 1 aliphatic rings. The van der Waals surface area contributed by atoms with E-state index >= 15 is 0 Å². The zero-order chi connectivity index (χ0) is 29.0. The van der Waals surface area contributed by atoms with E-state index in [4.69, 9.17) is 18.9 Å². The van der Waals surface area contributed by atoms with E-state index in [-0.39, 0.29) is 6.01 Å². The molecule has 0 aliphatic carbocycles. The van der Waals surface area contributed by atoms with Gasteiger partial charge >= 0.3 is 17.9 Å². The van der Waals surface area contributed by atoms with Gasteiger partial charge < -0.3 is 39.4 Å². The first-order valence-electron chi connectivity index (χ1n) is 12.4. The van der Waals surface area contributed by atoms with Gasteiger partial charge in [0.2, 0.25) is 12.4 Å². The summed E-state index contributed by atoms with van der Waals surface area (Å²) < 4.78 is 22.8. The molecule has 1 fully saturated rings. The Morgan fingerprint density at radius 3 is 1.88 bits per heavy atom. The van der Waals surface area contributed by atoms with Crippen molar-refractivity contribution in [2.75, 3.05) is 7.11 Å². The van der Waals surface area contributed by atoms with Crippen molar-refractivity contribution in [2.24, 2.45) is 0 Å². The van der Waals surface area contributed by atoms with E-state index in [2.05, 4.69) is 9.97 Å². The van der Waals surface area contributed by atoms with Crippen LogP contribution in [0.3, 0.4) is 0 Å². The molecule has 0 radical (unpaired) electrons. The van der Waals surface area contributed by atoms with Gasteiger partial charge in [0.15, 0.2) is 11.7 Å². The monoisotopic (exact) mass is 554 g/mol. The van der Waals surface area contributed by atoms with Crippen LogP contribution in [0.2, 0.25) is 0 Å². The van der Waals surface area contributed by atoms with Crippen molar-refractivity contribution in [3.05, 3.63) is 89.2 Å². The second-order valence-electron chi connectivity index (χ2n) is 9.27. The highest BCUT2D eigenvalue weighted by atomic mass is 16.7. The summed E-state index contributed by atoms with van der Waals surface area (Å²) in [5.74, 6) is -2.79. The van der Waals surface area contributed by atoms with Crippen LogP contribution in [0.1, 0.15) is 22.5 Å². The average molecular weight is 555 g/mol. The lowest BCUT2D eigenvalue weighted by Gasteiger charge is -2.41. The number of aliphatic hydroxyl groups excluding tert-OH is 3. The number of hydrogen-bond donors (Lipinski definition) is 4. The summed E-state index contributed by atoms with van der Waals surface area (Å²) in [7, 11) is 1.37. The zero-order valence-electron chi connectivity index (χ0n) is 21.9. The summed E-state index contributed by atoms with van der Waals surface area (Å²) in [6.45, 7) is 3.44. The number of hydrogen-bond acceptors (Lipinski definition) is 11. The molecule has 0 amide bonds. The second kappa shape index (κ2) is 12.1. The lowest BCUT2D eigenvalue weighted by atomic mass is 9.81. The first kappa shape index (κ1) is 29.1. The van der Waals surface area contributed by atoms with Crippen LogP contribution in [0, 0.1) is 13.8 Å². The van der Waals surface area contributed by atoms with Crippen molar-refractivity contribution < 1.29 is 49.0 Å². The molecule has 2 heterocycles. The summed E-state index contributed by atoms with van der Waals surface area (Å²) in [5.41, 5.74) is 0.414. The van der Waals surface area contributed by atoms with E-state index in [1.54, 1.807) is 80.6 Å². The van der Waals surface area contributed by atoms with E-state index < -0.39 is 54.3 Å². The number of ether oxygens (including phenoxy) is 4. The van der Waals surface area contributed by atoms with Gasteiger partial charge in [-0.2, -0.15) is 0 Å². The number of carbonyl (C=O) groups excluding carboxylic acids is 1. The maximum atomic E-state index is 14.0. The van der Waals surface area contributed by atoms with Gasteiger partial charge in [-0.1, -0.05) is 60.7 Å². The first-order valence-corrected chi connectivity index (χ1v) is 12.4. The molecule has 4 N–H and O–H groups in total. The second-order valence-corrected chi connectivity index (χ2v) is 9.27. The summed E-state index contributed by atoms with van der Waals surface area (Å²) in [4.78, 5) is 34.1. The van der Waals surface area contributed by atoms with Crippen molar-refractivity contribution in [1.29, 1.82) is 0 Å². The minimum absolute atomic E-state index is 0.170.